The van der Waals surface area contributed by atoms with Gasteiger partial charge in [-0.25, -0.2) is 4.79 Å². The molecule has 26 heavy (non-hydrogen) atoms. The molecular formula is C20H23N3O3. The van der Waals surface area contributed by atoms with Crippen molar-refractivity contribution in [2.45, 2.75) is 39.7 Å². The Bertz CT molecular complexity index is 908. The largest absolute Gasteiger partial charge is 0.463 e. The number of para-hydroxylation sites is 1. The van der Waals surface area contributed by atoms with Crippen LogP contribution in [0, 0.1) is 0 Å². The maximum atomic E-state index is 11.5. The smallest absolute Gasteiger partial charge is 0.330 e. The molecule has 3 aromatic rings. The molecule has 0 aliphatic rings. The zero-order valence-electron chi connectivity index (χ0n) is 15.1. The second kappa shape index (κ2) is 8.47. The van der Waals surface area contributed by atoms with Crippen LogP contribution in [-0.2, 0) is 22.5 Å². The Balaban J connectivity index is 1.91. The number of carbonyl (C=O) groups is 1. The molecular weight excluding hydrogens is 330 g/mol. The molecule has 0 amide bonds. The molecule has 2 aromatic heterocycles. The van der Waals surface area contributed by atoms with E-state index < -0.39 is 0 Å². The lowest BCUT2D eigenvalue weighted by molar-refractivity contribution is -0.137. The van der Waals surface area contributed by atoms with Crippen molar-refractivity contribution in [2.24, 2.45) is 0 Å². The standard InChI is InChI=1S/C20H23N3O3/c1-3-5-11-18-21-22-20(26-18)17-14-15-9-6-7-10-16(15)23(17)13-8-12-19(24)25-4-2/h6-10,12,14H,3-5,11,13H2,1-2H3/b12-8+. The van der Waals surface area contributed by atoms with Gasteiger partial charge in [0, 0.05) is 29.9 Å². The van der Waals surface area contributed by atoms with Crippen LogP contribution in [0.1, 0.15) is 32.6 Å². The van der Waals surface area contributed by atoms with E-state index in [-0.39, 0.29) is 5.97 Å². The molecule has 0 aliphatic carbocycles. The first-order valence-electron chi connectivity index (χ1n) is 8.97. The van der Waals surface area contributed by atoms with E-state index in [0.29, 0.717) is 24.9 Å². The molecule has 3 rings (SSSR count). The summed E-state index contributed by atoms with van der Waals surface area (Å²) in [6, 6.07) is 10.1. The van der Waals surface area contributed by atoms with Crippen molar-refractivity contribution < 1.29 is 13.9 Å². The molecule has 0 spiro atoms. The van der Waals surface area contributed by atoms with Gasteiger partial charge in [0.15, 0.2) is 0 Å². The minimum atomic E-state index is -0.342. The number of unbranched alkanes of at least 4 members (excludes halogenated alkanes) is 1. The fourth-order valence-corrected chi connectivity index (χ4v) is 2.82. The number of hydrogen-bond donors (Lipinski definition) is 0. The molecule has 0 radical (unpaired) electrons. The predicted octanol–water partition coefficient (Wildman–Crippen LogP) is 4.15. The second-order valence-corrected chi connectivity index (χ2v) is 5.96. The molecule has 2 heterocycles. The summed E-state index contributed by atoms with van der Waals surface area (Å²) in [6.07, 6.45) is 6.11. The van der Waals surface area contributed by atoms with Gasteiger partial charge < -0.3 is 13.7 Å². The summed E-state index contributed by atoms with van der Waals surface area (Å²) in [7, 11) is 0. The lowest BCUT2D eigenvalue weighted by atomic mass is 10.2. The van der Waals surface area contributed by atoms with Crippen molar-refractivity contribution in [3.05, 3.63) is 48.4 Å². The number of aryl methyl sites for hydroxylation is 1. The quantitative estimate of drug-likeness (QED) is 0.449. The molecule has 0 N–H and O–H groups in total. The van der Waals surface area contributed by atoms with Gasteiger partial charge in [-0.2, -0.15) is 0 Å². The highest BCUT2D eigenvalue weighted by Crippen LogP contribution is 2.27. The van der Waals surface area contributed by atoms with Gasteiger partial charge in [0.25, 0.3) is 5.89 Å². The number of esters is 1. The van der Waals surface area contributed by atoms with Gasteiger partial charge in [-0.1, -0.05) is 37.6 Å². The SMILES string of the molecule is CCCCc1nnc(-c2cc3ccccc3n2C/C=C/C(=O)OCC)o1. The van der Waals surface area contributed by atoms with Gasteiger partial charge in [0.05, 0.1) is 6.61 Å². The highest BCUT2D eigenvalue weighted by Gasteiger charge is 2.15. The molecule has 0 saturated heterocycles. The van der Waals surface area contributed by atoms with Crippen LogP contribution in [0.2, 0.25) is 0 Å². The van der Waals surface area contributed by atoms with Gasteiger partial charge >= 0.3 is 5.97 Å². The Morgan fingerprint density at radius 2 is 2.12 bits per heavy atom. The number of carbonyl (C=O) groups excluding carboxylic acids is 1. The summed E-state index contributed by atoms with van der Waals surface area (Å²) < 4.78 is 12.8. The van der Waals surface area contributed by atoms with E-state index in [1.54, 1.807) is 13.0 Å². The van der Waals surface area contributed by atoms with E-state index in [0.717, 1.165) is 35.9 Å². The lowest BCUT2D eigenvalue weighted by Crippen LogP contribution is -2.02. The van der Waals surface area contributed by atoms with Crippen molar-refractivity contribution in [2.75, 3.05) is 6.61 Å². The van der Waals surface area contributed by atoms with Gasteiger partial charge in [-0.15, -0.1) is 10.2 Å². The topological polar surface area (TPSA) is 70.2 Å². The minimum Gasteiger partial charge on any atom is -0.463 e. The van der Waals surface area contributed by atoms with Crippen LogP contribution in [0.25, 0.3) is 22.5 Å². The summed E-state index contributed by atoms with van der Waals surface area (Å²) in [5.74, 6) is 0.808. The molecule has 6 heteroatoms. The third-order valence-electron chi connectivity index (χ3n) is 4.07. The zero-order valence-corrected chi connectivity index (χ0v) is 15.1. The molecule has 1 aromatic carbocycles. The number of benzene rings is 1. The minimum absolute atomic E-state index is 0.342. The fraction of sp³-hybridized carbons (Fsp3) is 0.350. The summed E-state index contributed by atoms with van der Waals surface area (Å²) >= 11 is 0. The zero-order chi connectivity index (χ0) is 18.4. The Kier molecular flexibility index (Phi) is 5.84. The predicted molar refractivity (Wildman–Crippen MR) is 99.6 cm³/mol. The van der Waals surface area contributed by atoms with Crippen molar-refractivity contribution in [1.29, 1.82) is 0 Å². The highest BCUT2D eigenvalue weighted by molar-refractivity contribution is 5.86. The summed E-state index contributed by atoms with van der Waals surface area (Å²) in [4.78, 5) is 11.5. The number of hydrogen-bond acceptors (Lipinski definition) is 5. The van der Waals surface area contributed by atoms with Crippen LogP contribution in [0.4, 0.5) is 0 Å². The number of rotatable bonds is 8. The molecule has 0 saturated carbocycles. The van der Waals surface area contributed by atoms with Crippen molar-refractivity contribution in [1.82, 2.24) is 14.8 Å². The summed E-state index contributed by atoms with van der Waals surface area (Å²) in [5, 5.41) is 9.45. The Morgan fingerprint density at radius 1 is 1.27 bits per heavy atom. The van der Waals surface area contributed by atoms with Crippen LogP contribution >= 0.6 is 0 Å². The highest BCUT2D eigenvalue weighted by atomic mass is 16.5. The molecule has 0 bridgehead atoms. The number of aromatic nitrogens is 3. The first kappa shape index (κ1) is 17.9. The van der Waals surface area contributed by atoms with Crippen molar-refractivity contribution in [3.8, 4) is 11.6 Å². The summed E-state index contributed by atoms with van der Waals surface area (Å²) in [6.45, 7) is 4.79. The van der Waals surface area contributed by atoms with Crippen molar-refractivity contribution in [3.63, 3.8) is 0 Å². The average molecular weight is 353 g/mol. The van der Waals surface area contributed by atoms with Crippen LogP contribution in [0.3, 0.4) is 0 Å². The molecule has 6 nitrogen and oxygen atoms in total. The van der Waals surface area contributed by atoms with Gasteiger partial charge in [-0.05, 0) is 25.5 Å². The Morgan fingerprint density at radius 3 is 2.92 bits per heavy atom. The van der Waals surface area contributed by atoms with Crippen molar-refractivity contribution >= 4 is 16.9 Å². The van der Waals surface area contributed by atoms with Gasteiger partial charge in [0.2, 0.25) is 5.89 Å². The third-order valence-corrected chi connectivity index (χ3v) is 4.07. The van der Waals surface area contributed by atoms with E-state index in [1.807, 2.05) is 30.3 Å². The van der Waals surface area contributed by atoms with E-state index in [4.69, 9.17) is 9.15 Å². The van der Waals surface area contributed by atoms with Crippen LogP contribution in [0.5, 0.6) is 0 Å². The monoisotopic (exact) mass is 353 g/mol. The number of allylic oxidation sites excluding steroid dienone is 1. The van der Waals surface area contributed by atoms with Gasteiger partial charge in [-0.3, -0.25) is 0 Å². The van der Waals surface area contributed by atoms with Crippen LogP contribution in [0.15, 0.2) is 46.9 Å². The molecule has 0 unspecified atom stereocenters. The van der Waals surface area contributed by atoms with Crippen LogP contribution in [-0.4, -0.2) is 27.3 Å². The number of fused-ring (bicyclic) bond motifs is 1. The Hall–Kier alpha value is -2.89. The maximum absolute atomic E-state index is 11.5. The first-order chi connectivity index (χ1) is 12.7. The van der Waals surface area contributed by atoms with E-state index in [1.165, 1.54) is 6.08 Å². The van der Waals surface area contributed by atoms with E-state index in [2.05, 4.69) is 21.7 Å². The molecule has 0 fully saturated rings. The molecule has 0 atom stereocenters. The maximum Gasteiger partial charge on any atom is 0.330 e. The normalized spacial score (nSPS) is 11.5. The number of nitrogens with zero attached hydrogens (tertiary/aromatic N) is 3. The molecule has 0 aliphatic heterocycles. The van der Waals surface area contributed by atoms with E-state index in [9.17, 15) is 4.79 Å². The van der Waals surface area contributed by atoms with Gasteiger partial charge in [0.1, 0.15) is 5.69 Å². The Labute approximate surface area is 152 Å². The number of ether oxygens (including phenoxy) is 1. The third kappa shape index (κ3) is 4.02. The summed E-state index contributed by atoms with van der Waals surface area (Å²) in [5.41, 5.74) is 1.89. The van der Waals surface area contributed by atoms with E-state index >= 15 is 0 Å². The second-order valence-electron chi connectivity index (χ2n) is 5.96. The first-order valence-corrected chi connectivity index (χ1v) is 8.97. The van der Waals surface area contributed by atoms with Crippen LogP contribution < -0.4 is 0 Å². The molecule has 136 valence electrons. The fourth-order valence-electron chi connectivity index (χ4n) is 2.82. The average Bonchev–Trinajstić information content (AvgIpc) is 3.25. The lowest BCUT2D eigenvalue weighted by Gasteiger charge is -2.05.